The molecule has 1 atom stereocenters. The molecule has 1 unspecified atom stereocenters. The highest BCUT2D eigenvalue weighted by atomic mass is 35.5. The summed E-state index contributed by atoms with van der Waals surface area (Å²) < 4.78 is 0. The minimum Gasteiger partial charge on any atom is -0.121 e. The summed E-state index contributed by atoms with van der Waals surface area (Å²) in [6.07, 6.45) is 33.2. The summed E-state index contributed by atoms with van der Waals surface area (Å²) in [6.45, 7) is 6.87. The zero-order valence-electron chi connectivity index (χ0n) is 22.5. The van der Waals surface area contributed by atoms with Crippen LogP contribution in [0.2, 0.25) is 0 Å². The van der Waals surface area contributed by atoms with Crippen LogP contribution in [0.5, 0.6) is 0 Å². The van der Waals surface area contributed by atoms with E-state index in [1.807, 2.05) is 0 Å². The van der Waals surface area contributed by atoms with E-state index in [0.717, 1.165) is 19.3 Å². The Kier molecular flexibility index (Phi) is 25.1. The lowest BCUT2D eigenvalue weighted by atomic mass is 9.88. The number of alkyl halides is 2. The molecule has 0 aromatic heterocycles. The first-order valence-corrected chi connectivity index (χ1v) is 15.7. The Bertz CT molecular complexity index is 335. The SMILES string of the molecule is CCCCCCCCCCC(Cl)(CCCCCCCCCC)C(Cl)CCCCCCCC. The third kappa shape index (κ3) is 20.0. The maximum absolute atomic E-state index is 7.28. The van der Waals surface area contributed by atoms with E-state index in [0.29, 0.717) is 0 Å². The van der Waals surface area contributed by atoms with Gasteiger partial charge in [-0.1, -0.05) is 162 Å². The summed E-state index contributed by atoms with van der Waals surface area (Å²) in [5.74, 6) is 0. The molecular formula is C30H60Cl2. The highest BCUT2D eigenvalue weighted by Crippen LogP contribution is 2.38. The molecule has 0 aromatic carbocycles. The maximum atomic E-state index is 7.28. The van der Waals surface area contributed by atoms with Gasteiger partial charge in [0.05, 0.1) is 10.3 Å². The Balaban J connectivity index is 4.24. The van der Waals surface area contributed by atoms with Crippen LogP contribution < -0.4 is 0 Å². The summed E-state index contributed by atoms with van der Waals surface area (Å²) in [7, 11) is 0. The Morgan fingerprint density at radius 2 is 0.719 bits per heavy atom. The molecule has 0 aliphatic carbocycles. The molecule has 2 heteroatoms. The molecule has 0 saturated carbocycles. The van der Waals surface area contributed by atoms with Crippen molar-refractivity contribution in [3.8, 4) is 0 Å². The quantitative estimate of drug-likeness (QED) is 0.0833. The molecule has 0 fully saturated rings. The van der Waals surface area contributed by atoms with E-state index in [2.05, 4.69) is 20.8 Å². The average Bonchev–Trinajstić information content (AvgIpc) is 2.79. The first-order chi connectivity index (χ1) is 15.6. The first kappa shape index (κ1) is 32.6. The lowest BCUT2D eigenvalue weighted by molar-refractivity contribution is 0.400. The molecule has 194 valence electrons. The smallest absolute Gasteiger partial charge is 0.0609 e. The number of hydrogen-bond acceptors (Lipinski definition) is 0. The van der Waals surface area contributed by atoms with Crippen molar-refractivity contribution < 1.29 is 0 Å². The van der Waals surface area contributed by atoms with Crippen molar-refractivity contribution in [2.45, 2.75) is 192 Å². The van der Waals surface area contributed by atoms with Crippen molar-refractivity contribution in [3.63, 3.8) is 0 Å². The normalized spacial score (nSPS) is 13.0. The van der Waals surface area contributed by atoms with Gasteiger partial charge < -0.3 is 0 Å². The summed E-state index contributed by atoms with van der Waals surface area (Å²) in [5, 5.41) is 0.143. The third-order valence-corrected chi connectivity index (χ3v) is 8.65. The van der Waals surface area contributed by atoms with E-state index >= 15 is 0 Å². The van der Waals surface area contributed by atoms with E-state index in [1.165, 1.54) is 141 Å². The number of unbranched alkanes of at least 4 members (excludes halogenated alkanes) is 19. The van der Waals surface area contributed by atoms with Gasteiger partial charge >= 0.3 is 0 Å². The Hall–Kier alpha value is 0.580. The van der Waals surface area contributed by atoms with Gasteiger partial charge in [0.25, 0.3) is 0 Å². The van der Waals surface area contributed by atoms with Gasteiger partial charge in [-0.2, -0.15) is 0 Å². The number of hydrogen-bond donors (Lipinski definition) is 0. The van der Waals surface area contributed by atoms with Crippen molar-refractivity contribution in [2.75, 3.05) is 0 Å². The van der Waals surface area contributed by atoms with Gasteiger partial charge in [0, 0.05) is 0 Å². The third-order valence-electron chi connectivity index (χ3n) is 7.26. The number of rotatable bonds is 26. The lowest BCUT2D eigenvalue weighted by Gasteiger charge is -2.32. The summed E-state index contributed by atoms with van der Waals surface area (Å²) in [6, 6.07) is 0. The van der Waals surface area contributed by atoms with Crippen LogP contribution in [-0.2, 0) is 0 Å². The Labute approximate surface area is 214 Å². The Morgan fingerprint density at radius 1 is 0.438 bits per heavy atom. The molecule has 0 amide bonds. The summed E-state index contributed by atoms with van der Waals surface area (Å²) >= 11 is 14.3. The standard InChI is InChI=1S/C30H60Cl2/c1-4-7-10-13-16-18-21-24-27-30(32,28-25-22-19-17-14-11-8-5-2)29(31)26-23-20-15-12-9-6-3/h29H,4-28H2,1-3H3. The molecule has 0 spiro atoms. The summed E-state index contributed by atoms with van der Waals surface area (Å²) in [4.78, 5) is -0.171. The molecule has 0 N–H and O–H groups in total. The Morgan fingerprint density at radius 3 is 1.06 bits per heavy atom. The summed E-state index contributed by atoms with van der Waals surface area (Å²) in [5.41, 5.74) is 0. The zero-order chi connectivity index (χ0) is 23.8. The molecule has 0 bridgehead atoms. The van der Waals surface area contributed by atoms with Crippen molar-refractivity contribution in [1.82, 2.24) is 0 Å². The minimum atomic E-state index is -0.171. The van der Waals surface area contributed by atoms with Crippen LogP contribution >= 0.6 is 23.2 Å². The van der Waals surface area contributed by atoms with Gasteiger partial charge in [0.15, 0.2) is 0 Å². The second-order valence-corrected chi connectivity index (χ2v) is 11.8. The number of halogens is 2. The van der Waals surface area contributed by atoms with Crippen LogP contribution in [0.15, 0.2) is 0 Å². The molecule has 0 heterocycles. The van der Waals surface area contributed by atoms with E-state index in [1.54, 1.807) is 0 Å². The molecule has 0 aliphatic heterocycles. The van der Waals surface area contributed by atoms with E-state index in [4.69, 9.17) is 23.2 Å². The highest BCUT2D eigenvalue weighted by molar-refractivity contribution is 6.32. The van der Waals surface area contributed by atoms with Gasteiger partial charge in [-0.3, -0.25) is 0 Å². The molecule has 32 heavy (non-hydrogen) atoms. The van der Waals surface area contributed by atoms with Crippen LogP contribution in [-0.4, -0.2) is 10.3 Å². The average molecular weight is 492 g/mol. The van der Waals surface area contributed by atoms with Crippen molar-refractivity contribution in [1.29, 1.82) is 0 Å². The van der Waals surface area contributed by atoms with E-state index in [-0.39, 0.29) is 10.3 Å². The molecular weight excluding hydrogens is 431 g/mol. The fourth-order valence-corrected chi connectivity index (χ4v) is 5.66. The molecule has 0 nitrogen and oxygen atoms in total. The van der Waals surface area contributed by atoms with Crippen LogP contribution in [0.25, 0.3) is 0 Å². The van der Waals surface area contributed by atoms with Crippen molar-refractivity contribution in [3.05, 3.63) is 0 Å². The maximum Gasteiger partial charge on any atom is 0.0609 e. The van der Waals surface area contributed by atoms with E-state index < -0.39 is 0 Å². The van der Waals surface area contributed by atoms with Crippen LogP contribution in [0.3, 0.4) is 0 Å². The van der Waals surface area contributed by atoms with E-state index in [9.17, 15) is 0 Å². The molecule has 0 rings (SSSR count). The van der Waals surface area contributed by atoms with Crippen LogP contribution in [0.4, 0.5) is 0 Å². The molecule has 0 radical (unpaired) electrons. The predicted octanol–water partition coefficient (Wildman–Crippen LogP) is 12.4. The largest absolute Gasteiger partial charge is 0.121 e. The van der Waals surface area contributed by atoms with Gasteiger partial charge in [-0.05, 0) is 19.3 Å². The molecule has 0 aliphatic rings. The zero-order valence-corrected chi connectivity index (χ0v) is 24.0. The van der Waals surface area contributed by atoms with Gasteiger partial charge in [-0.25, -0.2) is 0 Å². The van der Waals surface area contributed by atoms with Crippen molar-refractivity contribution in [2.24, 2.45) is 0 Å². The van der Waals surface area contributed by atoms with Gasteiger partial charge in [0.2, 0.25) is 0 Å². The van der Waals surface area contributed by atoms with Gasteiger partial charge in [-0.15, -0.1) is 23.2 Å². The second-order valence-electron chi connectivity index (χ2n) is 10.5. The molecule has 0 saturated heterocycles. The van der Waals surface area contributed by atoms with Crippen molar-refractivity contribution >= 4 is 23.2 Å². The van der Waals surface area contributed by atoms with Crippen LogP contribution in [0.1, 0.15) is 181 Å². The lowest BCUT2D eigenvalue weighted by Crippen LogP contribution is -2.33. The highest BCUT2D eigenvalue weighted by Gasteiger charge is 2.34. The first-order valence-electron chi connectivity index (χ1n) is 14.9. The predicted molar refractivity (Wildman–Crippen MR) is 151 cm³/mol. The topological polar surface area (TPSA) is 0 Å². The van der Waals surface area contributed by atoms with Crippen LogP contribution in [0, 0.1) is 0 Å². The second kappa shape index (κ2) is 24.7. The molecule has 0 aromatic rings. The monoisotopic (exact) mass is 490 g/mol. The minimum absolute atomic E-state index is 0.143. The fraction of sp³-hybridized carbons (Fsp3) is 1.00. The van der Waals surface area contributed by atoms with Gasteiger partial charge in [0.1, 0.15) is 0 Å². The fourth-order valence-electron chi connectivity index (χ4n) is 4.91.